The smallest absolute Gasteiger partial charge is 0.237 e. The van der Waals surface area contributed by atoms with Gasteiger partial charge in [0.25, 0.3) is 0 Å². The fourth-order valence-corrected chi connectivity index (χ4v) is 4.91. The molecule has 0 aliphatic rings. The molecule has 38 heavy (non-hydrogen) atoms. The second-order valence-corrected chi connectivity index (χ2v) is 10.2. The molecule has 1 heterocycles. The maximum Gasteiger partial charge on any atom is 0.237 e. The van der Waals surface area contributed by atoms with Crippen LogP contribution in [0.15, 0.2) is 77.8 Å². The monoisotopic (exact) mass is 523 g/mol. The van der Waals surface area contributed by atoms with E-state index in [1.54, 1.807) is 14.2 Å². The molecule has 0 saturated carbocycles. The summed E-state index contributed by atoms with van der Waals surface area (Å²) in [5.74, 6) is 0.988. The van der Waals surface area contributed by atoms with Gasteiger partial charge in [0, 0.05) is 16.8 Å². The first-order valence-corrected chi connectivity index (χ1v) is 13.0. The standard InChI is InChI=1S/C31H29N3O3S/c1-19-11-13-24(15-20(19)2)33-30(35)21(3)38-31-26(18-32)25(17-27(34-31)22-9-7-6-8-10-22)23-12-14-28(36-4)29(16-23)37-5/h6-17,21H,1-5H3,(H,33,35). The number of carbonyl (C=O) groups is 1. The van der Waals surface area contributed by atoms with Gasteiger partial charge in [-0.15, -0.1) is 0 Å². The summed E-state index contributed by atoms with van der Waals surface area (Å²) in [6.45, 7) is 5.86. The molecule has 7 heteroatoms. The van der Waals surface area contributed by atoms with E-state index in [4.69, 9.17) is 14.5 Å². The van der Waals surface area contributed by atoms with Crippen molar-refractivity contribution >= 4 is 23.4 Å². The highest BCUT2D eigenvalue weighted by Gasteiger charge is 2.22. The summed E-state index contributed by atoms with van der Waals surface area (Å²) < 4.78 is 10.9. The van der Waals surface area contributed by atoms with Crippen molar-refractivity contribution in [2.75, 3.05) is 19.5 Å². The third-order valence-corrected chi connectivity index (χ3v) is 7.38. The van der Waals surface area contributed by atoms with Gasteiger partial charge in [-0.2, -0.15) is 5.26 Å². The van der Waals surface area contributed by atoms with Crippen LogP contribution in [0.5, 0.6) is 11.5 Å². The second kappa shape index (κ2) is 11.8. The summed E-state index contributed by atoms with van der Waals surface area (Å²) in [6.07, 6.45) is 0. The minimum Gasteiger partial charge on any atom is -0.493 e. The lowest BCUT2D eigenvalue weighted by molar-refractivity contribution is -0.115. The van der Waals surface area contributed by atoms with Crippen molar-refractivity contribution in [3.63, 3.8) is 0 Å². The first-order valence-electron chi connectivity index (χ1n) is 12.1. The zero-order chi connectivity index (χ0) is 27.2. The largest absolute Gasteiger partial charge is 0.493 e. The molecule has 0 fully saturated rings. The first-order chi connectivity index (χ1) is 18.3. The maximum absolute atomic E-state index is 13.1. The van der Waals surface area contributed by atoms with Crippen molar-refractivity contribution in [1.82, 2.24) is 4.98 Å². The van der Waals surface area contributed by atoms with E-state index in [-0.39, 0.29) is 5.91 Å². The Morgan fingerprint density at radius 3 is 2.32 bits per heavy atom. The minimum absolute atomic E-state index is 0.165. The number of benzene rings is 3. The van der Waals surface area contributed by atoms with Gasteiger partial charge in [-0.05, 0) is 67.8 Å². The summed E-state index contributed by atoms with van der Waals surface area (Å²) in [7, 11) is 3.16. The lowest BCUT2D eigenvalue weighted by Gasteiger charge is -2.17. The molecule has 3 aromatic carbocycles. The predicted octanol–water partition coefficient (Wildman–Crippen LogP) is 7.04. The average Bonchev–Trinajstić information content (AvgIpc) is 2.94. The van der Waals surface area contributed by atoms with Crippen molar-refractivity contribution in [3.8, 4) is 40.0 Å². The summed E-state index contributed by atoms with van der Waals surface area (Å²) in [6, 6.07) is 25.4. The number of thioether (sulfide) groups is 1. The Hall–Kier alpha value is -4.28. The molecule has 1 amide bonds. The molecular weight excluding hydrogens is 494 g/mol. The number of aryl methyl sites for hydroxylation is 2. The van der Waals surface area contributed by atoms with Crippen molar-refractivity contribution < 1.29 is 14.3 Å². The normalized spacial score (nSPS) is 11.4. The van der Waals surface area contributed by atoms with Gasteiger partial charge in [0.2, 0.25) is 5.91 Å². The van der Waals surface area contributed by atoms with Gasteiger partial charge in [0.1, 0.15) is 11.1 Å². The van der Waals surface area contributed by atoms with Gasteiger partial charge in [-0.3, -0.25) is 4.79 Å². The van der Waals surface area contributed by atoms with Crippen molar-refractivity contribution in [1.29, 1.82) is 5.26 Å². The Morgan fingerprint density at radius 1 is 0.921 bits per heavy atom. The van der Waals surface area contributed by atoms with E-state index in [1.807, 2.05) is 93.6 Å². The molecule has 1 aromatic heterocycles. The van der Waals surface area contributed by atoms with Crippen LogP contribution in [0.3, 0.4) is 0 Å². The van der Waals surface area contributed by atoms with E-state index >= 15 is 0 Å². The summed E-state index contributed by atoms with van der Waals surface area (Å²) in [5, 5.41) is 13.2. The van der Waals surface area contributed by atoms with Crippen molar-refractivity contribution in [2.45, 2.75) is 31.0 Å². The van der Waals surface area contributed by atoms with Crippen LogP contribution in [0.2, 0.25) is 0 Å². The van der Waals surface area contributed by atoms with Gasteiger partial charge < -0.3 is 14.8 Å². The van der Waals surface area contributed by atoms with Crippen LogP contribution in [-0.4, -0.2) is 30.4 Å². The highest BCUT2D eigenvalue weighted by Crippen LogP contribution is 2.39. The number of amides is 1. The van der Waals surface area contributed by atoms with E-state index in [0.717, 1.165) is 27.9 Å². The van der Waals surface area contributed by atoms with Crippen LogP contribution < -0.4 is 14.8 Å². The number of nitrogens with one attached hydrogen (secondary N) is 1. The molecule has 1 N–H and O–H groups in total. The fourth-order valence-electron chi connectivity index (χ4n) is 3.99. The number of ether oxygens (including phenoxy) is 2. The molecule has 4 rings (SSSR count). The van der Waals surface area contributed by atoms with E-state index in [0.29, 0.717) is 33.3 Å². The number of nitrogens with zero attached hydrogens (tertiary/aromatic N) is 2. The number of carbonyl (C=O) groups excluding carboxylic acids is 1. The maximum atomic E-state index is 13.1. The number of aromatic nitrogens is 1. The molecule has 0 saturated heterocycles. The highest BCUT2D eigenvalue weighted by molar-refractivity contribution is 8.00. The van der Waals surface area contributed by atoms with E-state index in [2.05, 4.69) is 11.4 Å². The Bertz CT molecular complexity index is 1510. The SMILES string of the molecule is COc1ccc(-c2cc(-c3ccccc3)nc(SC(C)C(=O)Nc3ccc(C)c(C)c3)c2C#N)cc1OC. The summed E-state index contributed by atoms with van der Waals surface area (Å²) >= 11 is 1.26. The average molecular weight is 524 g/mol. The third-order valence-electron chi connectivity index (χ3n) is 6.29. The minimum atomic E-state index is -0.500. The van der Waals surface area contributed by atoms with Gasteiger partial charge in [0.15, 0.2) is 11.5 Å². The third kappa shape index (κ3) is 5.82. The van der Waals surface area contributed by atoms with Gasteiger partial charge >= 0.3 is 0 Å². The van der Waals surface area contributed by atoms with Crippen LogP contribution in [0.1, 0.15) is 23.6 Å². The van der Waals surface area contributed by atoms with Gasteiger partial charge in [-0.25, -0.2) is 4.98 Å². The molecule has 1 unspecified atom stereocenters. The van der Waals surface area contributed by atoms with Crippen LogP contribution in [0, 0.1) is 25.2 Å². The van der Waals surface area contributed by atoms with Gasteiger partial charge in [0.05, 0.1) is 30.7 Å². The number of anilines is 1. The Balaban J connectivity index is 1.75. The molecule has 6 nitrogen and oxygen atoms in total. The quantitative estimate of drug-likeness (QED) is 0.249. The number of rotatable bonds is 8. The molecule has 4 aromatic rings. The topological polar surface area (TPSA) is 84.2 Å². The number of hydrogen-bond donors (Lipinski definition) is 1. The van der Waals surface area contributed by atoms with Crippen LogP contribution in [0.4, 0.5) is 5.69 Å². The first kappa shape index (κ1) is 26.8. The Morgan fingerprint density at radius 2 is 1.66 bits per heavy atom. The number of hydrogen-bond acceptors (Lipinski definition) is 6. The molecule has 0 bridgehead atoms. The summed E-state index contributed by atoms with van der Waals surface area (Å²) in [5.41, 5.74) is 6.50. The molecular formula is C31H29N3O3S. The van der Waals surface area contributed by atoms with Crippen molar-refractivity contribution in [3.05, 3.63) is 89.5 Å². The number of nitriles is 1. The Kier molecular flexibility index (Phi) is 8.35. The van der Waals surface area contributed by atoms with E-state index < -0.39 is 5.25 Å². The Labute approximate surface area is 227 Å². The lowest BCUT2D eigenvalue weighted by atomic mass is 9.99. The van der Waals surface area contributed by atoms with Gasteiger partial charge in [-0.1, -0.05) is 54.2 Å². The molecule has 0 radical (unpaired) electrons. The molecule has 0 aliphatic heterocycles. The molecule has 1 atom stereocenters. The number of pyridine rings is 1. The van der Waals surface area contributed by atoms with E-state index in [1.165, 1.54) is 11.8 Å². The highest BCUT2D eigenvalue weighted by atomic mass is 32.2. The zero-order valence-corrected chi connectivity index (χ0v) is 22.8. The lowest BCUT2D eigenvalue weighted by Crippen LogP contribution is -2.22. The molecule has 0 aliphatic carbocycles. The van der Waals surface area contributed by atoms with Crippen LogP contribution in [-0.2, 0) is 4.79 Å². The van der Waals surface area contributed by atoms with Crippen molar-refractivity contribution in [2.24, 2.45) is 0 Å². The summed E-state index contributed by atoms with van der Waals surface area (Å²) in [4.78, 5) is 17.9. The van der Waals surface area contributed by atoms with E-state index in [9.17, 15) is 10.1 Å². The van der Waals surface area contributed by atoms with Crippen LogP contribution >= 0.6 is 11.8 Å². The molecule has 192 valence electrons. The molecule has 0 spiro atoms. The second-order valence-electron chi connectivity index (χ2n) is 8.83. The number of methoxy groups -OCH3 is 2. The van der Waals surface area contributed by atoms with Crippen LogP contribution in [0.25, 0.3) is 22.4 Å². The fraction of sp³-hybridized carbons (Fsp3) is 0.194. The zero-order valence-electron chi connectivity index (χ0n) is 22.0. The predicted molar refractivity (Wildman–Crippen MR) is 153 cm³/mol.